The van der Waals surface area contributed by atoms with E-state index in [4.69, 9.17) is 16.3 Å². The lowest BCUT2D eigenvalue weighted by Crippen LogP contribution is -2.32. The molecule has 0 unspecified atom stereocenters. The smallest absolute Gasteiger partial charge is 0.261 e. The van der Waals surface area contributed by atoms with Gasteiger partial charge in [-0.05, 0) is 43.3 Å². The minimum Gasteiger partial charge on any atom is -0.497 e. The van der Waals surface area contributed by atoms with Crippen LogP contribution in [-0.4, -0.2) is 22.6 Å². The van der Waals surface area contributed by atoms with E-state index in [-0.39, 0.29) is 11.5 Å². The molecule has 0 saturated heterocycles. The first kappa shape index (κ1) is 17.9. The molecule has 0 radical (unpaired) electrons. The summed E-state index contributed by atoms with van der Waals surface area (Å²) in [5.41, 5.74) is 0.771. The van der Waals surface area contributed by atoms with E-state index in [0.29, 0.717) is 33.1 Å². The lowest BCUT2D eigenvalue weighted by Gasteiger charge is -2.17. The zero-order chi connectivity index (χ0) is 18.8. The summed E-state index contributed by atoms with van der Waals surface area (Å²) in [5, 5.41) is 3.84. The normalized spacial score (nSPS) is 12.0. The molecule has 0 aliphatic rings. The molecule has 0 saturated carbocycles. The lowest BCUT2D eigenvalue weighted by molar-refractivity contribution is 0.0937. The summed E-state index contributed by atoms with van der Waals surface area (Å²) in [5.74, 6) is 0.758. The van der Waals surface area contributed by atoms with Crippen LogP contribution in [0.4, 0.5) is 0 Å². The molecule has 0 aliphatic heterocycles. The van der Waals surface area contributed by atoms with Crippen LogP contribution in [0, 0.1) is 0 Å². The van der Waals surface area contributed by atoms with Crippen molar-refractivity contribution in [2.45, 2.75) is 13.0 Å². The van der Waals surface area contributed by atoms with Crippen molar-refractivity contribution < 1.29 is 9.53 Å². The van der Waals surface area contributed by atoms with Gasteiger partial charge >= 0.3 is 0 Å². The second-order valence-corrected chi connectivity index (χ2v) is 6.36. The Morgan fingerprint density at radius 2 is 2.04 bits per heavy atom. The average molecular weight is 372 g/mol. The lowest BCUT2D eigenvalue weighted by atomic mass is 10.1. The predicted octanol–water partition coefficient (Wildman–Crippen LogP) is 3.09. The van der Waals surface area contributed by atoms with E-state index in [2.05, 4.69) is 10.3 Å². The van der Waals surface area contributed by atoms with E-state index in [9.17, 15) is 9.59 Å². The number of methoxy groups -OCH3 is 1. The summed E-state index contributed by atoms with van der Waals surface area (Å²) in [6.45, 7) is 1.77. The maximum absolute atomic E-state index is 12.6. The molecule has 1 N–H and O–H groups in total. The molecule has 1 amide bonds. The van der Waals surface area contributed by atoms with Gasteiger partial charge in [0.15, 0.2) is 0 Å². The highest BCUT2D eigenvalue weighted by molar-refractivity contribution is 6.31. The molecule has 26 heavy (non-hydrogen) atoms. The van der Waals surface area contributed by atoms with Gasteiger partial charge in [-0.3, -0.25) is 14.2 Å². The van der Waals surface area contributed by atoms with E-state index < -0.39 is 6.04 Å². The van der Waals surface area contributed by atoms with Gasteiger partial charge in [-0.2, -0.15) is 0 Å². The van der Waals surface area contributed by atoms with Crippen molar-refractivity contribution in [2.75, 3.05) is 7.11 Å². The van der Waals surface area contributed by atoms with Crippen LogP contribution in [0.3, 0.4) is 0 Å². The molecule has 6 nitrogen and oxygen atoms in total. The number of carbonyl (C=O) groups is 1. The van der Waals surface area contributed by atoms with E-state index in [1.807, 2.05) is 0 Å². The molecular formula is C19H18ClN3O3. The van der Waals surface area contributed by atoms with Gasteiger partial charge in [-0.15, -0.1) is 0 Å². The highest BCUT2D eigenvalue weighted by atomic mass is 35.5. The van der Waals surface area contributed by atoms with Crippen molar-refractivity contribution in [1.29, 1.82) is 0 Å². The van der Waals surface area contributed by atoms with Gasteiger partial charge in [0.1, 0.15) is 11.6 Å². The van der Waals surface area contributed by atoms with Crippen molar-refractivity contribution in [3.05, 3.63) is 69.2 Å². The van der Waals surface area contributed by atoms with Crippen LogP contribution in [0.5, 0.6) is 5.75 Å². The molecule has 1 heterocycles. The van der Waals surface area contributed by atoms with Crippen LogP contribution in [0.25, 0.3) is 10.9 Å². The third kappa shape index (κ3) is 3.41. The van der Waals surface area contributed by atoms with Crippen molar-refractivity contribution >= 4 is 28.4 Å². The third-order valence-corrected chi connectivity index (χ3v) is 4.38. The molecule has 3 rings (SSSR count). The first-order chi connectivity index (χ1) is 12.4. The Kier molecular flexibility index (Phi) is 4.95. The molecule has 2 aromatic carbocycles. The number of benzene rings is 2. The zero-order valence-corrected chi connectivity index (χ0v) is 15.4. The average Bonchev–Trinajstić information content (AvgIpc) is 2.64. The quantitative estimate of drug-likeness (QED) is 0.764. The Hall–Kier alpha value is -2.86. The number of fused-ring (bicyclic) bond motifs is 1. The fourth-order valence-corrected chi connectivity index (χ4v) is 2.92. The van der Waals surface area contributed by atoms with Crippen LogP contribution in [0.1, 0.15) is 29.1 Å². The summed E-state index contributed by atoms with van der Waals surface area (Å²) in [7, 11) is 3.17. The van der Waals surface area contributed by atoms with Crippen LogP contribution in [-0.2, 0) is 7.05 Å². The number of nitrogens with one attached hydrogen (secondary N) is 1. The second kappa shape index (κ2) is 7.17. The summed E-state index contributed by atoms with van der Waals surface area (Å²) < 4.78 is 6.58. The van der Waals surface area contributed by atoms with Gasteiger partial charge in [0.05, 0.1) is 24.1 Å². The Morgan fingerprint density at radius 3 is 2.77 bits per heavy atom. The highest BCUT2D eigenvalue weighted by Gasteiger charge is 2.18. The summed E-state index contributed by atoms with van der Waals surface area (Å²) in [6.07, 6.45) is 0. The molecule has 0 spiro atoms. The Morgan fingerprint density at radius 1 is 1.27 bits per heavy atom. The maximum atomic E-state index is 12.6. The largest absolute Gasteiger partial charge is 0.497 e. The number of ether oxygens (including phenoxy) is 1. The number of nitrogens with zero attached hydrogens (tertiary/aromatic N) is 2. The third-order valence-electron chi connectivity index (χ3n) is 4.14. The standard InChI is InChI=1S/C19H18ClN3O3/c1-11(21-18(24)12-5-4-6-14(9-12)26-3)17-22-16-10-13(20)7-8-15(16)19(25)23(17)2/h4-11H,1-3H3,(H,21,24)/t11-/m1/s1. The number of hydrogen-bond donors (Lipinski definition) is 1. The molecular weight excluding hydrogens is 354 g/mol. The SMILES string of the molecule is COc1cccc(C(=O)N[C@H](C)c2nc3cc(Cl)ccc3c(=O)n2C)c1. The Labute approximate surface area is 155 Å². The van der Waals surface area contributed by atoms with Gasteiger partial charge in [-0.25, -0.2) is 4.98 Å². The van der Waals surface area contributed by atoms with E-state index >= 15 is 0 Å². The van der Waals surface area contributed by atoms with Crippen LogP contribution >= 0.6 is 11.6 Å². The first-order valence-electron chi connectivity index (χ1n) is 8.02. The van der Waals surface area contributed by atoms with Crippen molar-refractivity contribution in [3.8, 4) is 5.75 Å². The topological polar surface area (TPSA) is 73.2 Å². The molecule has 1 atom stereocenters. The van der Waals surface area contributed by atoms with Crippen LogP contribution in [0.2, 0.25) is 5.02 Å². The van der Waals surface area contributed by atoms with Gasteiger partial charge in [-0.1, -0.05) is 17.7 Å². The predicted molar refractivity (Wildman–Crippen MR) is 101 cm³/mol. The van der Waals surface area contributed by atoms with Crippen LogP contribution in [0.15, 0.2) is 47.3 Å². The number of rotatable bonds is 4. The van der Waals surface area contributed by atoms with E-state index in [1.54, 1.807) is 63.5 Å². The van der Waals surface area contributed by atoms with Gasteiger partial charge in [0.25, 0.3) is 11.5 Å². The number of aromatic nitrogens is 2. The number of hydrogen-bond acceptors (Lipinski definition) is 4. The monoisotopic (exact) mass is 371 g/mol. The van der Waals surface area contributed by atoms with E-state index in [0.717, 1.165) is 0 Å². The fraction of sp³-hybridized carbons (Fsp3) is 0.211. The maximum Gasteiger partial charge on any atom is 0.261 e. The number of carbonyl (C=O) groups excluding carboxylic acids is 1. The van der Waals surface area contributed by atoms with E-state index in [1.165, 1.54) is 4.57 Å². The first-order valence-corrected chi connectivity index (χ1v) is 8.39. The molecule has 7 heteroatoms. The number of amides is 1. The molecule has 0 fully saturated rings. The Bertz CT molecular complexity index is 1050. The van der Waals surface area contributed by atoms with Crippen molar-refractivity contribution in [3.63, 3.8) is 0 Å². The minimum absolute atomic E-state index is 0.191. The fourth-order valence-electron chi connectivity index (χ4n) is 2.76. The number of halogens is 1. The summed E-state index contributed by atoms with van der Waals surface area (Å²) in [6, 6.07) is 11.3. The zero-order valence-electron chi connectivity index (χ0n) is 14.6. The van der Waals surface area contributed by atoms with Gasteiger partial charge in [0, 0.05) is 17.6 Å². The summed E-state index contributed by atoms with van der Waals surface area (Å²) >= 11 is 6.01. The van der Waals surface area contributed by atoms with Crippen LogP contribution < -0.4 is 15.6 Å². The molecule has 3 aromatic rings. The molecule has 0 bridgehead atoms. The molecule has 0 aliphatic carbocycles. The van der Waals surface area contributed by atoms with Crippen molar-refractivity contribution in [2.24, 2.45) is 7.05 Å². The van der Waals surface area contributed by atoms with Crippen molar-refractivity contribution in [1.82, 2.24) is 14.9 Å². The second-order valence-electron chi connectivity index (χ2n) is 5.92. The molecule has 1 aromatic heterocycles. The Balaban J connectivity index is 1.94. The molecule has 134 valence electrons. The minimum atomic E-state index is -0.477. The van der Waals surface area contributed by atoms with Gasteiger partial charge < -0.3 is 10.1 Å². The summed E-state index contributed by atoms with van der Waals surface area (Å²) in [4.78, 5) is 29.6. The highest BCUT2D eigenvalue weighted by Crippen LogP contribution is 2.18. The van der Waals surface area contributed by atoms with Gasteiger partial charge in [0.2, 0.25) is 0 Å².